The lowest BCUT2D eigenvalue weighted by Crippen LogP contribution is -2.25. The van der Waals surface area contributed by atoms with Crippen LogP contribution in [0.25, 0.3) is 0 Å². The van der Waals surface area contributed by atoms with Gasteiger partial charge in [0.1, 0.15) is 0 Å². The molecule has 0 radical (unpaired) electrons. The fourth-order valence-corrected chi connectivity index (χ4v) is 2.44. The summed E-state index contributed by atoms with van der Waals surface area (Å²) in [6, 6.07) is 0. The molecule has 0 saturated heterocycles. The number of rotatable bonds is 9. The lowest BCUT2D eigenvalue weighted by Gasteiger charge is -2.06. The van der Waals surface area contributed by atoms with Crippen LogP contribution in [0.2, 0.25) is 0 Å². The number of carbonyl (C=O) groups is 1. The fourth-order valence-electron chi connectivity index (χ4n) is 2.44. The van der Waals surface area contributed by atoms with Gasteiger partial charge in [-0.25, -0.2) is 0 Å². The number of aryl methyl sites for hydroxylation is 2. The Labute approximate surface area is 127 Å². The van der Waals surface area contributed by atoms with E-state index in [1.54, 1.807) is 0 Å². The van der Waals surface area contributed by atoms with Crippen molar-refractivity contribution in [2.75, 3.05) is 19.8 Å². The first kappa shape index (κ1) is 16.0. The molecule has 0 atom stereocenters. The highest BCUT2D eigenvalue weighted by atomic mass is 16.5. The maximum Gasteiger partial charge on any atom is 0.220 e. The third-order valence-electron chi connectivity index (χ3n) is 4.10. The van der Waals surface area contributed by atoms with E-state index in [0.29, 0.717) is 13.0 Å². The highest BCUT2D eigenvalue weighted by molar-refractivity contribution is 5.76. The summed E-state index contributed by atoms with van der Waals surface area (Å²) < 4.78 is 7.42. The van der Waals surface area contributed by atoms with Gasteiger partial charge in [-0.05, 0) is 51.0 Å². The van der Waals surface area contributed by atoms with Gasteiger partial charge >= 0.3 is 0 Å². The second-order valence-corrected chi connectivity index (χ2v) is 5.99. The van der Waals surface area contributed by atoms with Crippen molar-refractivity contribution < 1.29 is 9.53 Å². The molecule has 0 aromatic carbocycles. The van der Waals surface area contributed by atoms with Crippen LogP contribution in [-0.2, 0) is 23.0 Å². The smallest absolute Gasteiger partial charge is 0.220 e. The zero-order valence-corrected chi connectivity index (χ0v) is 13.4. The summed E-state index contributed by atoms with van der Waals surface area (Å²) in [6.45, 7) is 6.39. The van der Waals surface area contributed by atoms with Gasteiger partial charge in [-0.2, -0.15) is 5.10 Å². The van der Waals surface area contributed by atoms with E-state index < -0.39 is 0 Å². The summed E-state index contributed by atoms with van der Waals surface area (Å²) in [5.41, 5.74) is 3.37. The van der Waals surface area contributed by atoms with E-state index in [9.17, 15) is 4.79 Å². The zero-order valence-electron chi connectivity index (χ0n) is 13.4. The first-order valence-corrected chi connectivity index (χ1v) is 7.91. The van der Waals surface area contributed by atoms with Gasteiger partial charge in [-0.15, -0.1) is 0 Å². The van der Waals surface area contributed by atoms with Gasteiger partial charge < -0.3 is 10.1 Å². The summed E-state index contributed by atoms with van der Waals surface area (Å²) in [5, 5.41) is 7.33. The molecule has 1 amide bonds. The predicted molar refractivity (Wildman–Crippen MR) is 82.2 cm³/mol. The highest BCUT2D eigenvalue weighted by Crippen LogP contribution is 2.28. The van der Waals surface area contributed by atoms with Gasteiger partial charge in [0.25, 0.3) is 0 Å². The third kappa shape index (κ3) is 5.16. The normalized spacial score (nSPS) is 14.4. The minimum atomic E-state index is 0.111. The van der Waals surface area contributed by atoms with Gasteiger partial charge in [-0.1, -0.05) is 0 Å². The Hall–Kier alpha value is -1.36. The van der Waals surface area contributed by atoms with Crippen molar-refractivity contribution in [2.24, 2.45) is 13.0 Å². The van der Waals surface area contributed by atoms with Crippen molar-refractivity contribution in [1.29, 1.82) is 0 Å². The number of amides is 1. The standard InChI is InChI=1S/C16H27N3O2/c1-12-15(13(2)19(3)18-12)7-8-16(20)17-9-4-10-21-11-14-5-6-14/h14H,4-11H2,1-3H3,(H,17,20). The van der Waals surface area contributed by atoms with Crippen LogP contribution in [0.4, 0.5) is 0 Å². The summed E-state index contributed by atoms with van der Waals surface area (Å²) in [6.07, 6.45) is 4.82. The van der Waals surface area contributed by atoms with Crippen LogP contribution in [-0.4, -0.2) is 35.4 Å². The topological polar surface area (TPSA) is 56.2 Å². The molecular formula is C16H27N3O2. The third-order valence-corrected chi connectivity index (χ3v) is 4.10. The molecule has 2 rings (SSSR count). The number of hydrogen-bond acceptors (Lipinski definition) is 3. The lowest BCUT2D eigenvalue weighted by molar-refractivity contribution is -0.121. The Morgan fingerprint density at radius 2 is 2.19 bits per heavy atom. The molecule has 21 heavy (non-hydrogen) atoms. The quantitative estimate of drug-likeness (QED) is 0.708. The summed E-state index contributed by atoms with van der Waals surface area (Å²) in [7, 11) is 1.94. The van der Waals surface area contributed by atoms with Crippen molar-refractivity contribution in [3.8, 4) is 0 Å². The second-order valence-electron chi connectivity index (χ2n) is 5.99. The highest BCUT2D eigenvalue weighted by Gasteiger charge is 2.20. The molecule has 118 valence electrons. The Balaban J connectivity index is 1.56. The van der Waals surface area contributed by atoms with Crippen LogP contribution >= 0.6 is 0 Å². The molecule has 1 fully saturated rings. The Morgan fingerprint density at radius 3 is 2.81 bits per heavy atom. The Bertz CT molecular complexity index is 478. The van der Waals surface area contributed by atoms with E-state index in [1.165, 1.54) is 18.4 Å². The monoisotopic (exact) mass is 293 g/mol. The lowest BCUT2D eigenvalue weighted by atomic mass is 10.1. The first-order chi connectivity index (χ1) is 10.1. The van der Waals surface area contributed by atoms with Crippen LogP contribution in [0.5, 0.6) is 0 Å². The molecule has 0 bridgehead atoms. The molecule has 1 aromatic heterocycles. The maximum absolute atomic E-state index is 11.8. The molecule has 0 unspecified atom stereocenters. The molecule has 1 aliphatic rings. The average Bonchev–Trinajstić information content (AvgIpc) is 3.22. The van der Waals surface area contributed by atoms with Crippen LogP contribution in [0.3, 0.4) is 0 Å². The number of hydrogen-bond donors (Lipinski definition) is 1. The summed E-state index contributed by atoms with van der Waals surface area (Å²) >= 11 is 0. The molecule has 5 heteroatoms. The fraction of sp³-hybridized carbons (Fsp3) is 0.750. The zero-order chi connectivity index (χ0) is 15.2. The van der Waals surface area contributed by atoms with Crippen molar-refractivity contribution in [1.82, 2.24) is 15.1 Å². The van der Waals surface area contributed by atoms with E-state index in [0.717, 1.165) is 43.4 Å². The molecule has 1 N–H and O–H groups in total. The van der Waals surface area contributed by atoms with Gasteiger partial charge in [0.15, 0.2) is 0 Å². The molecule has 0 aliphatic heterocycles. The van der Waals surface area contributed by atoms with Crippen LogP contribution in [0, 0.1) is 19.8 Å². The molecule has 1 saturated carbocycles. The summed E-state index contributed by atoms with van der Waals surface area (Å²) in [4.78, 5) is 11.8. The minimum absolute atomic E-state index is 0.111. The number of nitrogens with one attached hydrogen (secondary N) is 1. The number of aromatic nitrogens is 2. The Morgan fingerprint density at radius 1 is 1.43 bits per heavy atom. The van der Waals surface area contributed by atoms with Gasteiger partial charge in [-0.3, -0.25) is 9.48 Å². The predicted octanol–water partition coefficient (Wildman–Crippen LogP) is 1.90. The van der Waals surface area contributed by atoms with Crippen molar-refractivity contribution in [3.05, 3.63) is 17.0 Å². The molecule has 0 spiro atoms. The second kappa shape index (κ2) is 7.59. The van der Waals surface area contributed by atoms with E-state index in [-0.39, 0.29) is 5.91 Å². The molecular weight excluding hydrogens is 266 g/mol. The number of nitrogens with zero attached hydrogens (tertiary/aromatic N) is 2. The first-order valence-electron chi connectivity index (χ1n) is 7.91. The average molecular weight is 293 g/mol. The van der Waals surface area contributed by atoms with Gasteiger partial charge in [0.2, 0.25) is 5.91 Å². The maximum atomic E-state index is 11.8. The molecule has 1 aliphatic carbocycles. The van der Waals surface area contributed by atoms with E-state index in [2.05, 4.69) is 10.4 Å². The minimum Gasteiger partial charge on any atom is -0.381 e. The largest absolute Gasteiger partial charge is 0.381 e. The van der Waals surface area contributed by atoms with E-state index in [1.807, 2.05) is 25.6 Å². The van der Waals surface area contributed by atoms with Gasteiger partial charge in [0, 0.05) is 38.9 Å². The molecule has 5 nitrogen and oxygen atoms in total. The van der Waals surface area contributed by atoms with Crippen molar-refractivity contribution >= 4 is 5.91 Å². The van der Waals surface area contributed by atoms with Gasteiger partial charge in [0.05, 0.1) is 5.69 Å². The van der Waals surface area contributed by atoms with Crippen LogP contribution in [0.1, 0.15) is 42.6 Å². The van der Waals surface area contributed by atoms with Crippen LogP contribution < -0.4 is 5.32 Å². The van der Waals surface area contributed by atoms with Crippen LogP contribution in [0.15, 0.2) is 0 Å². The summed E-state index contributed by atoms with van der Waals surface area (Å²) in [5.74, 6) is 0.922. The SMILES string of the molecule is Cc1nn(C)c(C)c1CCC(=O)NCCCOCC1CC1. The number of ether oxygens (including phenoxy) is 1. The Kier molecular flexibility index (Phi) is 5.79. The molecule has 1 heterocycles. The molecule has 1 aromatic rings. The van der Waals surface area contributed by atoms with Crippen molar-refractivity contribution in [3.63, 3.8) is 0 Å². The number of carbonyl (C=O) groups excluding carboxylic acids is 1. The van der Waals surface area contributed by atoms with Crippen molar-refractivity contribution in [2.45, 2.75) is 46.0 Å². The van der Waals surface area contributed by atoms with E-state index >= 15 is 0 Å². The van der Waals surface area contributed by atoms with E-state index in [4.69, 9.17) is 4.74 Å².